The largest absolute Gasteiger partial charge is 0.488 e. The molecule has 8 nitrogen and oxygen atoms in total. The van der Waals surface area contributed by atoms with E-state index in [1.54, 1.807) is 24.3 Å². The Morgan fingerprint density at radius 1 is 1.16 bits per heavy atom. The Labute approximate surface area is 211 Å². The molecule has 1 saturated heterocycles. The number of halogens is 3. The van der Waals surface area contributed by atoms with Gasteiger partial charge in [-0.25, -0.2) is 4.79 Å². The van der Waals surface area contributed by atoms with Crippen LogP contribution >= 0.6 is 0 Å². The van der Waals surface area contributed by atoms with E-state index in [0.717, 1.165) is 48.3 Å². The van der Waals surface area contributed by atoms with Crippen molar-refractivity contribution in [1.29, 1.82) is 0 Å². The molecule has 1 aromatic heterocycles. The van der Waals surface area contributed by atoms with Crippen molar-refractivity contribution in [3.63, 3.8) is 0 Å². The number of carbonyl (C=O) groups excluding carboxylic acids is 1. The number of anilines is 2. The van der Waals surface area contributed by atoms with Crippen LogP contribution in [0.1, 0.15) is 32.2 Å². The molecule has 2 aromatic carbocycles. The molecule has 3 aromatic rings. The summed E-state index contributed by atoms with van der Waals surface area (Å²) < 4.78 is 61.4. The van der Waals surface area contributed by atoms with Gasteiger partial charge in [0, 0.05) is 28.7 Å². The van der Waals surface area contributed by atoms with E-state index in [0.29, 0.717) is 30.3 Å². The molecule has 11 heteroatoms. The van der Waals surface area contributed by atoms with E-state index in [9.17, 15) is 18.0 Å². The minimum atomic E-state index is -4.63. The molecule has 1 aliphatic heterocycles. The summed E-state index contributed by atoms with van der Waals surface area (Å²) in [5, 5.41) is 3.23. The van der Waals surface area contributed by atoms with Gasteiger partial charge in [-0.2, -0.15) is 13.2 Å². The molecule has 37 heavy (non-hydrogen) atoms. The van der Waals surface area contributed by atoms with Gasteiger partial charge < -0.3 is 29.2 Å². The molecule has 0 radical (unpaired) electrons. The SMILES string of the molecule is CC(OC(=O)Nc1ccc(-c2c(N)c3ccc(OCC4OCCO4)cc3n2C2CCC2)cc1)C(F)(F)F. The average Bonchev–Trinajstić information content (AvgIpc) is 3.43. The van der Waals surface area contributed by atoms with Crippen LogP contribution in [0.5, 0.6) is 5.75 Å². The van der Waals surface area contributed by atoms with E-state index < -0.39 is 18.4 Å². The minimum absolute atomic E-state index is 0.281. The number of fused-ring (bicyclic) bond motifs is 1. The molecule has 1 unspecified atom stereocenters. The van der Waals surface area contributed by atoms with E-state index in [1.165, 1.54) is 0 Å². The van der Waals surface area contributed by atoms with Crippen molar-refractivity contribution in [1.82, 2.24) is 4.57 Å². The number of hydrogen-bond acceptors (Lipinski definition) is 6. The third kappa shape index (κ3) is 5.33. The summed E-state index contributed by atoms with van der Waals surface area (Å²) in [6, 6.07) is 12.8. The number of amides is 1. The maximum atomic E-state index is 12.7. The normalized spacial score (nSPS) is 17.5. The first kappa shape index (κ1) is 25.2. The lowest BCUT2D eigenvalue weighted by Crippen LogP contribution is -2.32. The molecule has 2 heterocycles. The third-order valence-electron chi connectivity index (χ3n) is 6.68. The summed E-state index contributed by atoms with van der Waals surface area (Å²) in [7, 11) is 0. The maximum Gasteiger partial charge on any atom is 0.425 e. The van der Waals surface area contributed by atoms with E-state index >= 15 is 0 Å². The van der Waals surface area contributed by atoms with E-state index in [2.05, 4.69) is 14.6 Å². The predicted octanol–water partition coefficient (Wildman–Crippen LogP) is 5.87. The van der Waals surface area contributed by atoms with Crippen molar-refractivity contribution in [2.75, 3.05) is 30.9 Å². The Bertz CT molecular complexity index is 1270. The first-order valence-corrected chi connectivity index (χ1v) is 12.1. The number of benzene rings is 2. The third-order valence-corrected chi connectivity index (χ3v) is 6.68. The lowest BCUT2D eigenvalue weighted by atomic mass is 9.92. The number of ether oxygens (including phenoxy) is 4. The molecular weight excluding hydrogens is 491 g/mol. The molecule has 198 valence electrons. The molecule has 2 fully saturated rings. The number of nitrogens with two attached hydrogens (primary N) is 1. The van der Waals surface area contributed by atoms with Crippen molar-refractivity contribution in [3.05, 3.63) is 42.5 Å². The van der Waals surface area contributed by atoms with Crippen LogP contribution in [0, 0.1) is 0 Å². The van der Waals surface area contributed by atoms with Crippen LogP contribution in [0.3, 0.4) is 0 Å². The van der Waals surface area contributed by atoms with Gasteiger partial charge in [-0.05, 0) is 50.5 Å². The Morgan fingerprint density at radius 2 is 1.86 bits per heavy atom. The topological polar surface area (TPSA) is 97.0 Å². The van der Waals surface area contributed by atoms with Crippen LogP contribution in [-0.2, 0) is 14.2 Å². The summed E-state index contributed by atoms with van der Waals surface area (Å²) in [6.45, 7) is 2.17. The number of nitrogens with zero attached hydrogens (tertiary/aromatic N) is 1. The summed E-state index contributed by atoms with van der Waals surface area (Å²) in [4.78, 5) is 11.9. The first-order valence-electron chi connectivity index (χ1n) is 12.1. The van der Waals surface area contributed by atoms with Crippen LogP contribution in [-0.4, -0.2) is 49.1 Å². The summed E-state index contributed by atoms with van der Waals surface area (Å²) >= 11 is 0. The molecule has 0 spiro atoms. The molecule has 1 saturated carbocycles. The molecule has 1 atom stereocenters. The lowest BCUT2D eigenvalue weighted by Gasteiger charge is -2.30. The Kier molecular flexibility index (Phi) is 6.91. The molecule has 3 N–H and O–H groups in total. The zero-order chi connectivity index (χ0) is 26.2. The number of hydrogen-bond donors (Lipinski definition) is 2. The molecule has 5 rings (SSSR count). The van der Waals surface area contributed by atoms with Crippen LogP contribution in [0.2, 0.25) is 0 Å². The second-order valence-electron chi connectivity index (χ2n) is 9.17. The van der Waals surface area contributed by atoms with E-state index in [1.807, 2.05) is 18.2 Å². The van der Waals surface area contributed by atoms with Gasteiger partial charge in [0.15, 0.2) is 12.4 Å². The fourth-order valence-corrected chi connectivity index (χ4v) is 4.48. The van der Waals surface area contributed by atoms with Crippen LogP contribution in [0.4, 0.5) is 29.3 Å². The summed E-state index contributed by atoms with van der Waals surface area (Å²) in [5.41, 5.74) is 10.2. The van der Waals surface area contributed by atoms with Crippen molar-refractivity contribution in [2.24, 2.45) is 0 Å². The van der Waals surface area contributed by atoms with E-state index in [4.69, 9.17) is 19.9 Å². The number of aromatic nitrogens is 1. The highest BCUT2D eigenvalue weighted by Gasteiger charge is 2.39. The minimum Gasteiger partial charge on any atom is -0.488 e. The predicted molar refractivity (Wildman–Crippen MR) is 131 cm³/mol. The quantitative estimate of drug-likeness (QED) is 0.406. The molecule has 2 aliphatic rings. The van der Waals surface area contributed by atoms with Crippen LogP contribution in [0.25, 0.3) is 22.2 Å². The number of nitrogens with one attached hydrogen (secondary N) is 1. The fourth-order valence-electron chi connectivity index (χ4n) is 4.48. The highest BCUT2D eigenvalue weighted by molar-refractivity contribution is 6.01. The smallest absolute Gasteiger partial charge is 0.425 e. The monoisotopic (exact) mass is 519 g/mol. The lowest BCUT2D eigenvalue weighted by molar-refractivity contribution is -0.196. The molecule has 1 amide bonds. The second kappa shape index (κ2) is 10.1. The van der Waals surface area contributed by atoms with Crippen molar-refractivity contribution < 1.29 is 36.9 Å². The fraction of sp³-hybridized carbons (Fsp3) is 0.423. The Morgan fingerprint density at radius 3 is 2.49 bits per heavy atom. The van der Waals surface area contributed by atoms with Crippen molar-refractivity contribution >= 4 is 28.4 Å². The van der Waals surface area contributed by atoms with Crippen molar-refractivity contribution in [2.45, 2.75) is 50.8 Å². The number of rotatable bonds is 7. The van der Waals surface area contributed by atoms with Crippen LogP contribution < -0.4 is 15.8 Å². The van der Waals surface area contributed by atoms with Crippen molar-refractivity contribution in [3.8, 4) is 17.0 Å². The van der Waals surface area contributed by atoms with Gasteiger partial charge in [0.05, 0.1) is 30.1 Å². The molecule has 0 bridgehead atoms. The van der Waals surface area contributed by atoms with Gasteiger partial charge in [0.1, 0.15) is 12.4 Å². The van der Waals surface area contributed by atoms with E-state index in [-0.39, 0.29) is 18.9 Å². The molecular formula is C26H28F3N3O5. The maximum absolute atomic E-state index is 12.7. The summed E-state index contributed by atoms with van der Waals surface area (Å²) in [6.07, 6.45) is -5.23. The second-order valence-corrected chi connectivity index (χ2v) is 9.17. The zero-order valence-corrected chi connectivity index (χ0v) is 20.2. The van der Waals surface area contributed by atoms with Gasteiger partial charge in [0.2, 0.25) is 0 Å². The highest BCUT2D eigenvalue weighted by Crippen LogP contribution is 2.45. The van der Waals surface area contributed by atoms with Crippen LogP contribution in [0.15, 0.2) is 42.5 Å². The van der Waals surface area contributed by atoms with Gasteiger partial charge in [-0.3, -0.25) is 5.32 Å². The van der Waals surface area contributed by atoms with Gasteiger partial charge in [-0.15, -0.1) is 0 Å². The highest BCUT2D eigenvalue weighted by atomic mass is 19.4. The first-order chi connectivity index (χ1) is 17.7. The Balaban J connectivity index is 1.39. The van der Waals surface area contributed by atoms with Gasteiger partial charge in [-0.1, -0.05) is 12.1 Å². The standard InChI is InChI=1S/C26H28F3N3O5/c1-15(26(27,28)29)37-25(33)31-17-7-5-16(6-8-17)24-23(30)20-10-9-19(36-14-22-34-11-12-35-22)13-21(20)32(24)18-3-2-4-18/h5-10,13,15,18,22H,2-4,11-12,14,30H2,1H3,(H,31,33). The zero-order valence-electron chi connectivity index (χ0n) is 20.2. The Hall–Kier alpha value is -3.44. The van der Waals surface area contributed by atoms with Gasteiger partial charge in [0.25, 0.3) is 0 Å². The number of carbonyl (C=O) groups is 1. The number of nitrogen functional groups attached to an aromatic ring is 1. The van der Waals surface area contributed by atoms with Gasteiger partial charge >= 0.3 is 12.3 Å². The number of alkyl halides is 3. The molecule has 1 aliphatic carbocycles. The summed E-state index contributed by atoms with van der Waals surface area (Å²) in [5.74, 6) is 0.683. The average molecular weight is 520 g/mol.